The van der Waals surface area contributed by atoms with Crippen LogP contribution in [0.1, 0.15) is 28.8 Å². The Balaban J connectivity index is 1.45. The van der Waals surface area contributed by atoms with Crippen LogP contribution in [0.5, 0.6) is 0 Å². The Labute approximate surface area is 204 Å². The van der Waals surface area contributed by atoms with Gasteiger partial charge in [0.15, 0.2) is 0 Å². The Morgan fingerprint density at radius 2 is 1.66 bits per heavy atom. The zero-order valence-electron chi connectivity index (χ0n) is 18.6. The lowest BCUT2D eigenvalue weighted by Gasteiger charge is -2.28. The average Bonchev–Trinajstić information content (AvgIpc) is 3.53. The molecule has 35 heavy (non-hydrogen) atoms. The van der Waals surface area contributed by atoms with Crippen LogP contribution in [0.3, 0.4) is 0 Å². The summed E-state index contributed by atoms with van der Waals surface area (Å²) in [6.45, 7) is 0.409. The average molecular weight is 506 g/mol. The number of carbonyl (C=O) groups is 2. The number of hydrogen-bond donors (Lipinski definition) is 1. The van der Waals surface area contributed by atoms with Gasteiger partial charge in [0.2, 0.25) is 5.91 Å². The number of halogens is 4. The second-order valence-electron chi connectivity index (χ2n) is 8.32. The number of amides is 3. The summed E-state index contributed by atoms with van der Waals surface area (Å²) in [5.41, 5.74) is 0.154. The molecule has 3 aromatic rings. The largest absolute Gasteiger partial charge is 0.416 e. The van der Waals surface area contributed by atoms with E-state index in [1.165, 1.54) is 40.5 Å². The van der Waals surface area contributed by atoms with Gasteiger partial charge in [0, 0.05) is 23.2 Å². The Morgan fingerprint density at radius 3 is 2.23 bits per heavy atom. The Morgan fingerprint density at radius 1 is 0.971 bits per heavy atom. The van der Waals surface area contributed by atoms with Gasteiger partial charge in [0.1, 0.15) is 12.4 Å². The molecule has 0 bridgehead atoms. The maximum Gasteiger partial charge on any atom is 0.416 e. The molecule has 5 nitrogen and oxygen atoms in total. The standard InChI is InChI=1S/C25H23F4N3O2S/c26-19-7-3-17(4-8-19)14-31(15-22-2-1-13-35-22)23(33)16-32(21-11-12-21)24(34)30-20-9-5-18(6-10-20)25(27,28)29/h1-10,13,21H,11-12,14-16H2,(H,30,34). The summed E-state index contributed by atoms with van der Waals surface area (Å²) in [5.74, 6) is -0.651. The third kappa shape index (κ3) is 6.82. The van der Waals surface area contributed by atoms with E-state index in [0.29, 0.717) is 6.54 Å². The molecule has 1 saturated carbocycles. The molecule has 1 heterocycles. The molecule has 2 aromatic carbocycles. The van der Waals surface area contributed by atoms with Crippen LogP contribution in [0.15, 0.2) is 66.0 Å². The molecule has 1 N–H and O–H groups in total. The maximum absolute atomic E-state index is 13.3. The quantitative estimate of drug-likeness (QED) is 0.375. The van der Waals surface area contributed by atoms with Gasteiger partial charge in [-0.3, -0.25) is 4.79 Å². The van der Waals surface area contributed by atoms with E-state index >= 15 is 0 Å². The maximum atomic E-state index is 13.3. The van der Waals surface area contributed by atoms with E-state index in [4.69, 9.17) is 0 Å². The van der Waals surface area contributed by atoms with Gasteiger partial charge in [-0.25, -0.2) is 9.18 Å². The molecule has 1 aliphatic rings. The number of carbonyl (C=O) groups excluding carboxylic acids is 2. The molecular weight excluding hydrogens is 482 g/mol. The van der Waals surface area contributed by atoms with Gasteiger partial charge in [0.25, 0.3) is 0 Å². The first kappa shape index (κ1) is 24.7. The molecule has 0 saturated heterocycles. The van der Waals surface area contributed by atoms with E-state index in [9.17, 15) is 27.2 Å². The van der Waals surface area contributed by atoms with Gasteiger partial charge in [0.05, 0.1) is 12.1 Å². The minimum atomic E-state index is -4.47. The minimum absolute atomic E-state index is 0.109. The van der Waals surface area contributed by atoms with Crippen LogP contribution in [-0.4, -0.2) is 34.3 Å². The van der Waals surface area contributed by atoms with Crippen LogP contribution in [0.2, 0.25) is 0 Å². The molecule has 0 atom stereocenters. The topological polar surface area (TPSA) is 52.7 Å². The van der Waals surface area contributed by atoms with E-state index in [2.05, 4.69) is 5.32 Å². The third-order valence-electron chi connectivity index (χ3n) is 5.58. The fourth-order valence-electron chi connectivity index (χ4n) is 3.57. The highest BCUT2D eigenvalue weighted by Crippen LogP contribution is 2.31. The highest BCUT2D eigenvalue weighted by molar-refractivity contribution is 7.09. The minimum Gasteiger partial charge on any atom is -0.332 e. The van der Waals surface area contributed by atoms with Crippen molar-refractivity contribution in [3.63, 3.8) is 0 Å². The predicted octanol–water partition coefficient (Wildman–Crippen LogP) is 6.13. The van der Waals surface area contributed by atoms with Crippen molar-refractivity contribution in [1.29, 1.82) is 0 Å². The molecule has 0 radical (unpaired) electrons. The number of hydrogen-bond acceptors (Lipinski definition) is 3. The second-order valence-corrected chi connectivity index (χ2v) is 9.35. The summed E-state index contributed by atoms with van der Waals surface area (Å²) in [6, 6.07) is 13.2. The molecular formula is C25H23F4N3O2S. The summed E-state index contributed by atoms with van der Waals surface area (Å²) < 4.78 is 51.7. The first-order chi connectivity index (χ1) is 16.7. The number of urea groups is 1. The lowest BCUT2D eigenvalue weighted by atomic mass is 10.2. The van der Waals surface area contributed by atoms with Crippen LogP contribution in [0, 0.1) is 5.82 Å². The van der Waals surface area contributed by atoms with Crippen molar-refractivity contribution in [2.75, 3.05) is 11.9 Å². The number of benzene rings is 2. The third-order valence-corrected chi connectivity index (χ3v) is 6.44. The first-order valence-electron chi connectivity index (χ1n) is 11.0. The van der Waals surface area contributed by atoms with E-state index in [1.807, 2.05) is 17.5 Å². The lowest BCUT2D eigenvalue weighted by Crippen LogP contribution is -2.45. The molecule has 0 unspecified atom stereocenters. The number of alkyl halides is 3. The van der Waals surface area contributed by atoms with E-state index < -0.39 is 17.8 Å². The highest BCUT2D eigenvalue weighted by Gasteiger charge is 2.35. The molecule has 4 rings (SSSR count). The number of rotatable bonds is 8. The summed E-state index contributed by atoms with van der Waals surface area (Å²) in [7, 11) is 0. The Kier molecular flexibility index (Phi) is 7.39. The number of nitrogens with one attached hydrogen (secondary N) is 1. The molecule has 1 aliphatic carbocycles. The summed E-state index contributed by atoms with van der Waals surface area (Å²) in [4.78, 5) is 30.2. The number of thiophene rings is 1. The smallest absolute Gasteiger partial charge is 0.332 e. The van der Waals surface area contributed by atoms with Gasteiger partial charge in [-0.1, -0.05) is 18.2 Å². The molecule has 1 aromatic heterocycles. The summed E-state index contributed by atoms with van der Waals surface area (Å²) in [5, 5.41) is 4.50. The SMILES string of the molecule is O=C(CN(C(=O)Nc1ccc(C(F)(F)F)cc1)C1CC1)N(Cc1ccc(F)cc1)Cc1cccs1. The van der Waals surface area contributed by atoms with Crippen LogP contribution in [-0.2, 0) is 24.1 Å². The van der Waals surface area contributed by atoms with Gasteiger partial charge in [-0.15, -0.1) is 11.3 Å². The molecule has 0 spiro atoms. The zero-order chi connectivity index (χ0) is 25.0. The molecule has 1 fully saturated rings. The lowest BCUT2D eigenvalue weighted by molar-refractivity contribution is -0.137. The normalized spacial score (nSPS) is 13.4. The van der Waals surface area contributed by atoms with Gasteiger partial charge in [-0.2, -0.15) is 13.2 Å². The van der Waals surface area contributed by atoms with Crippen LogP contribution >= 0.6 is 11.3 Å². The number of anilines is 1. The first-order valence-corrected chi connectivity index (χ1v) is 11.9. The zero-order valence-corrected chi connectivity index (χ0v) is 19.4. The second kappa shape index (κ2) is 10.5. The van der Waals surface area contributed by atoms with Gasteiger partial charge in [-0.05, 0) is 66.2 Å². The fourth-order valence-corrected chi connectivity index (χ4v) is 4.29. The van der Waals surface area contributed by atoms with Crippen molar-refractivity contribution in [3.8, 4) is 0 Å². The van der Waals surface area contributed by atoms with Crippen LogP contribution in [0.4, 0.5) is 28.0 Å². The molecule has 10 heteroatoms. The van der Waals surface area contributed by atoms with Crippen molar-refractivity contribution < 1.29 is 27.2 Å². The fraction of sp³-hybridized carbons (Fsp3) is 0.280. The Bertz CT molecular complexity index is 1140. The van der Waals surface area contributed by atoms with Crippen molar-refractivity contribution in [2.45, 2.75) is 38.1 Å². The van der Waals surface area contributed by atoms with Gasteiger partial charge >= 0.3 is 12.2 Å². The molecule has 184 valence electrons. The van der Waals surface area contributed by atoms with Crippen molar-refractivity contribution in [2.24, 2.45) is 0 Å². The van der Waals surface area contributed by atoms with Crippen LogP contribution in [0.25, 0.3) is 0 Å². The molecule has 0 aliphatic heterocycles. The van der Waals surface area contributed by atoms with Crippen molar-refractivity contribution in [1.82, 2.24) is 9.80 Å². The molecule has 3 amide bonds. The van der Waals surface area contributed by atoms with E-state index in [0.717, 1.165) is 35.4 Å². The highest BCUT2D eigenvalue weighted by atomic mass is 32.1. The van der Waals surface area contributed by atoms with E-state index in [-0.39, 0.29) is 36.5 Å². The summed E-state index contributed by atoms with van der Waals surface area (Å²) in [6.07, 6.45) is -2.97. The van der Waals surface area contributed by atoms with Crippen molar-refractivity contribution in [3.05, 3.63) is 87.9 Å². The van der Waals surface area contributed by atoms with E-state index in [1.54, 1.807) is 17.0 Å². The monoisotopic (exact) mass is 505 g/mol. The Hall–Kier alpha value is -3.40. The van der Waals surface area contributed by atoms with Crippen LogP contribution < -0.4 is 5.32 Å². The van der Waals surface area contributed by atoms with Crippen molar-refractivity contribution >= 4 is 29.0 Å². The summed E-state index contributed by atoms with van der Waals surface area (Å²) >= 11 is 1.50. The number of nitrogens with zero attached hydrogens (tertiary/aromatic N) is 2. The van der Waals surface area contributed by atoms with Gasteiger partial charge < -0.3 is 15.1 Å². The predicted molar refractivity (Wildman–Crippen MR) is 125 cm³/mol.